The van der Waals surface area contributed by atoms with Gasteiger partial charge in [0.15, 0.2) is 0 Å². The molecular weight excluding hydrogens is 296 g/mol. The maximum absolute atomic E-state index is 12.6. The zero-order valence-electron chi connectivity index (χ0n) is 12.8. The number of hydrogen-bond acceptors (Lipinski definition) is 4. The average Bonchev–Trinajstić information content (AvgIpc) is 2.59. The third-order valence-corrected chi connectivity index (χ3v) is 3.94. The highest BCUT2D eigenvalue weighted by Gasteiger charge is 2.28. The van der Waals surface area contributed by atoms with E-state index in [4.69, 9.17) is 4.74 Å². The molecule has 0 aliphatic carbocycles. The second-order valence-corrected chi connectivity index (χ2v) is 5.56. The molecule has 0 aromatic heterocycles. The molecule has 6 heteroatoms. The van der Waals surface area contributed by atoms with Crippen LogP contribution in [-0.2, 0) is 4.79 Å². The third-order valence-electron chi connectivity index (χ3n) is 3.94. The van der Waals surface area contributed by atoms with E-state index in [1.165, 1.54) is 4.90 Å². The minimum absolute atomic E-state index is 0.00544. The number of carbonyl (C=O) groups excluding carboxylic acids is 2. The summed E-state index contributed by atoms with van der Waals surface area (Å²) >= 11 is 0. The van der Waals surface area contributed by atoms with Gasteiger partial charge in [0, 0.05) is 12.1 Å². The molecule has 1 aliphatic heterocycles. The number of nitrogens with zero attached hydrogens (tertiary/aromatic N) is 1. The number of amides is 2. The van der Waals surface area contributed by atoms with E-state index in [2.05, 4.69) is 5.32 Å². The largest absolute Gasteiger partial charge is 0.497 e. The van der Waals surface area contributed by atoms with Crippen LogP contribution in [0, 0.1) is 0 Å². The van der Waals surface area contributed by atoms with E-state index in [0.717, 1.165) is 16.5 Å². The van der Waals surface area contributed by atoms with Crippen LogP contribution in [0.4, 0.5) is 0 Å². The molecule has 0 bridgehead atoms. The second-order valence-electron chi connectivity index (χ2n) is 5.56. The normalized spacial score (nSPS) is 17.9. The fourth-order valence-electron chi connectivity index (χ4n) is 2.75. The van der Waals surface area contributed by atoms with Crippen LogP contribution >= 0.6 is 0 Å². The fraction of sp³-hybridized carbons (Fsp3) is 0.294. The van der Waals surface area contributed by atoms with E-state index in [1.54, 1.807) is 19.2 Å². The number of piperazine rings is 1. The lowest BCUT2D eigenvalue weighted by Gasteiger charge is -2.32. The van der Waals surface area contributed by atoms with Crippen molar-refractivity contribution in [3.63, 3.8) is 0 Å². The molecule has 23 heavy (non-hydrogen) atoms. The lowest BCUT2D eigenvalue weighted by Crippen LogP contribution is -2.57. The van der Waals surface area contributed by atoms with Crippen molar-refractivity contribution in [1.29, 1.82) is 0 Å². The summed E-state index contributed by atoms with van der Waals surface area (Å²) in [5.41, 5.74) is 0.511. The van der Waals surface area contributed by atoms with Crippen molar-refractivity contribution in [3.05, 3.63) is 42.0 Å². The number of fused-ring (bicyclic) bond motifs is 1. The molecule has 2 aromatic carbocycles. The van der Waals surface area contributed by atoms with Gasteiger partial charge in [0.2, 0.25) is 5.91 Å². The van der Waals surface area contributed by atoms with Crippen LogP contribution < -0.4 is 10.1 Å². The molecule has 0 saturated carbocycles. The van der Waals surface area contributed by atoms with E-state index in [0.29, 0.717) is 12.1 Å². The molecule has 3 rings (SSSR count). The Hall–Kier alpha value is -2.60. The summed E-state index contributed by atoms with van der Waals surface area (Å²) in [5, 5.41) is 13.8. The predicted octanol–water partition coefficient (Wildman–Crippen LogP) is 0.781. The van der Waals surface area contributed by atoms with Gasteiger partial charge >= 0.3 is 0 Å². The van der Waals surface area contributed by atoms with Gasteiger partial charge in [-0.1, -0.05) is 12.1 Å². The van der Waals surface area contributed by atoms with Gasteiger partial charge in [0.05, 0.1) is 26.3 Å². The number of carbonyl (C=O) groups is 2. The highest BCUT2D eigenvalue weighted by atomic mass is 16.5. The molecule has 1 heterocycles. The quantitative estimate of drug-likeness (QED) is 0.877. The second kappa shape index (κ2) is 6.26. The lowest BCUT2D eigenvalue weighted by atomic mass is 10.1. The fourth-order valence-corrected chi connectivity index (χ4v) is 2.75. The van der Waals surface area contributed by atoms with Gasteiger partial charge in [0.1, 0.15) is 5.75 Å². The summed E-state index contributed by atoms with van der Waals surface area (Å²) in [6, 6.07) is 10.7. The van der Waals surface area contributed by atoms with Crippen LogP contribution in [0.2, 0.25) is 0 Å². The molecule has 2 aromatic rings. The molecular formula is C17H18N2O4. The van der Waals surface area contributed by atoms with Crippen molar-refractivity contribution in [2.24, 2.45) is 0 Å². The van der Waals surface area contributed by atoms with E-state index >= 15 is 0 Å². The van der Waals surface area contributed by atoms with Gasteiger partial charge in [-0.3, -0.25) is 9.59 Å². The first-order valence-electron chi connectivity index (χ1n) is 7.38. The predicted molar refractivity (Wildman–Crippen MR) is 85.4 cm³/mol. The third kappa shape index (κ3) is 3.12. The summed E-state index contributed by atoms with van der Waals surface area (Å²) in [6.45, 7) is 0.118. The summed E-state index contributed by atoms with van der Waals surface area (Å²) in [5.74, 6) is 0.244. The van der Waals surface area contributed by atoms with E-state index in [-0.39, 0.29) is 25.0 Å². The molecule has 6 nitrogen and oxygen atoms in total. The van der Waals surface area contributed by atoms with Gasteiger partial charge in [0.25, 0.3) is 5.91 Å². The zero-order valence-corrected chi connectivity index (χ0v) is 12.8. The first kappa shape index (κ1) is 15.3. The van der Waals surface area contributed by atoms with Crippen molar-refractivity contribution in [3.8, 4) is 5.75 Å². The molecule has 0 unspecified atom stereocenters. The Morgan fingerprint density at radius 2 is 2.09 bits per heavy atom. The molecule has 0 radical (unpaired) electrons. The molecule has 120 valence electrons. The van der Waals surface area contributed by atoms with Crippen LogP contribution in [0.15, 0.2) is 36.4 Å². The molecule has 1 saturated heterocycles. The monoisotopic (exact) mass is 314 g/mol. The number of benzene rings is 2. The minimum Gasteiger partial charge on any atom is -0.497 e. The molecule has 0 spiro atoms. The van der Waals surface area contributed by atoms with Crippen LogP contribution in [0.25, 0.3) is 10.8 Å². The van der Waals surface area contributed by atoms with Crippen molar-refractivity contribution >= 4 is 22.6 Å². The van der Waals surface area contributed by atoms with Crippen molar-refractivity contribution in [1.82, 2.24) is 10.2 Å². The number of methoxy groups -OCH3 is 1. The highest BCUT2D eigenvalue weighted by Crippen LogP contribution is 2.22. The molecule has 2 amide bonds. The Balaban J connectivity index is 1.89. The van der Waals surface area contributed by atoms with Crippen LogP contribution in [0.5, 0.6) is 5.75 Å². The van der Waals surface area contributed by atoms with E-state index in [1.807, 2.05) is 24.3 Å². The molecule has 1 atom stereocenters. The van der Waals surface area contributed by atoms with E-state index in [9.17, 15) is 14.7 Å². The van der Waals surface area contributed by atoms with Crippen LogP contribution in [-0.4, -0.2) is 54.7 Å². The van der Waals surface area contributed by atoms with E-state index < -0.39 is 6.04 Å². The lowest BCUT2D eigenvalue weighted by molar-refractivity contribution is -0.125. The Morgan fingerprint density at radius 1 is 1.30 bits per heavy atom. The maximum Gasteiger partial charge on any atom is 0.254 e. The Kier molecular flexibility index (Phi) is 4.16. The van der Waals surface area contributed by atoms with Crippen molar-refractivity contribution in [2.75, 3.05) is 26.8 Å². The zero-order chi connectivity index (χ0) is 16.4. The average molecular weight is 314 g/mol. The number of ether oxygens (including phenoxy) is 1. The Morgan fingerprint density at radius 3 is 2.83 bits per heavy atom. The number of rotatable bonds is 3. The summed E-state index contributed by atoms with van der Waals surface area (Å²) < 4.78 is 5.21. The standard InChI is InChI=1S/C17H18N2O4/c1-23-15-5-4-11-2-3-12(6-13(11)7-15)17(22)19-8-14(10-20)18-16(21)9-19/h2-7,14,20H,8-10H2,1H3,(H,18,21)/t14-/m0/s1. The Bertz CT molecular complexity index is 759. The summed E-state index contributed by atoms with van der Waals surface area (Å²) in [4.78, 5) is 25.7. The number of aliphatic hydroxyl groups is 1. The van der Waals surface area contributed by atoms with Gasteiger partial charge in [-0.05, 0) is 35.0 Å². The number of hydrogen-bond donors (Lipinski definition) is 2. The summed E-state index contributed by atoms with van der Waals surface area (Å²) in [6.07, 6.45) is 0. The van der Waals surface area contributed by atoms with Crippen molar-refractivity contribution < 1.29 is 19.4 Å². The number of nitrogens with one attached hydrogen (secondary N) is 1. The van der Waals surface area contributed by atoms with Gasteiger partial charge in [-0.25, -0.2) is 0 Å². The number of aliphatic hydroxyl groups excluding tert-OH is 1. The minimum atomic E-state index is -0.416. The maximum atomic E-state index is 12.6. The molecule has 1 fully saturated rings. The van der Waals surface area contributed by atoms with Gasteiger partial charge in [-0.15, -0.1) is 0 Å². The first-order valence-corrected chi connectivity index (χ1v) is 7.38. The van der Waals surface area contributed by atoms with Crippen LogP contribution in [0.3, 0.4) is 0 Å². The topological polar surface area (TPSA) is 78.9 Å². The highest BCUT2D eigenvalue weighted by molar-refractivity contribution is 6.00. The molecule has 1 aliphatic rings. The molecule has 2 N–H and O–H groups in total. The van der Waals surface area contributed by atoms with Gasteiger partial charge < -0.3 is 20.1 Å². The first-order chi connectivity index (χ1) is 11.1. The Labute approximate surface area is 133 Å². The van der Waals surface area contributed by atoms with Gasteiger partial charge in [-0.2, -0.15) is 0 Å². The summed E-state index contributed by atoms with van der Waals surface area (Å²) in [7, 11) is 1.59. The smallest absolute Gasteiger partial charge is 0.254 e. The van der Waals surface area contributed by atoms with Crippen LogP contribution in [0.1, 0.15) is 10.4 Å². The van der Waals surface area contributed by atoms with Crippen molar-refractivity contribution in [2.45, 2.75) is 6.04 Å². The SMILES string of the molecule is COc1ccc2ccc(C(=O)N3CC(=O)N[C@H](CO)C3)cc2c1.